The van der Waals surface area contributed by atoms with Gasteiger partial charge in [-0.05, 0) is 18.1 Å². The van der Waals surface area contributed by atoms with Gasteiger partial charge in [-0.2, -0.15) is 0 Å². The molecule has 0 saturated carbocycles. The van der Waals surface area contributed by atoms with Crippen LogP contribution in [0.5, 0.6) is 0 Å². The summed E-state index contributed by atoms with van der Waals surface area (Å²) < 4.78 is 5.82. The fourth-order valence-electron chi connectivity index (χ4n) is 2.85. The van der Waals surface area contributed by atoms with E-state index in [4.69, 9.17) is 9.73 Å². The van der Waals surface area contributed by atoms with Crippen LogP contribution in [0.25, 0.3) is 11.3 Å². The number of nitrogens with zero attached hydrogens (tertiary/aromatic N) is 4. The van der Waals surface area contributed by atoms with E-state index in [9.17, 15) is 0 Å². The van der Waals surface area contributed by atoms with Crippen LogP contribution in [0, 0.1) is 5.92 Å². The van der Waals surface area contributed by atoms with Crippen LogP contribution in [-0.2, 0) is 4.74 Å². The number of hydrogen-bond acceptors (Lipinski definition) is 6. The van der Waals surface area contributed by atoms with Crippen molar-refractivity contribution in [2.45, 2.75) is 19.9 Å². The first-order valence-electron chi connectivity index (χ1n) is 9.03. The molecule has 3 aromatic rings. The van der Waals surface area contributed by atoms with Gasteiger partial charge in [0.25, 0.3) is 0 Å². The van der Waals surface area contributed by atoms with Gasteiger partial charge in [0.15, 0.2) is 0 Å². The number of rotatable bonds is 5. The number of aromatic nitrogens is 3. The van der Waals surface area contributed by atoms with Gasteiger partial charge < -0.3 is 10.1 Å². The highest BCUT2D eigenvalue weighted by Gasteiger charge is 2.24. The fourth-order valence-corrected chi connectivity index (χ4v) is 2.85. The summed E-state index contributed by atoms with van der Waals surface area (Å²) in [5, 5.41) is 11.7. The number of benzene rings is 2. The molecule has 1 aliphatic heterocycles. The predicted molar refractivity (Wildman–Crippen MR) is 106 cm³/mol. The van der Waals surface area contributed by atoms with Crippen molar-refractivity contribution in [3.8, 4) is 11.3 Å². The number of aliphatic imine (C=N–C) groups is 1. The number of anilines is 2. The normalized spacial score (nSPS) is 16.1. The van der Waals surface area contributed by atoms with Gasteiger partial charge in [-0.3, -0.25) is 0 Å². The molecule has 2 heterocycles. The van der Waals surface area contributed by atoms with Crippen LogP contribution >= 0.6 is 0 Å². The summed E-state index contributed by atoms with van der Waals surface area (Å²) in [6, 6.07) is 17.9. The lowest BCUT2D eigenvalue weighted by Crippen LogP contribution is -2.13. The van der Waals surface area contributed by atoms with Crippen molar-refractivity contribution in [2.24, 2.45) is 10.9 Å². The lowest BCUT2D eigenvalue weighted by molar-refractivity contribution is 0.292. The summed E-state index contributed by atoms with van der Waals surface area (Å²) in [6.45, 7) is 4.92. The van der Waals surface area contributed by atoms with E-state index in [1.165, 1.54) is 0 Å². The van der Waals surface area contributed by atoms with Crippen molar-refractivity contribution in [1.29, 1.82) is 0 Å². The Balaban J connectivity index is 1.56. The van der Waals surface area contributed by atoms with Gasteiger partial charge in [-0.1, -0.05) is 56.3 Å². The Hall–Kier alpha value is -3.28. The molecule has 0 fully saturated rings. The molecule has 1 N–H and O–H groups in total. The summed E-state index contributed by atoms with van der Waals surface area (Å²) in [6.07, 6.45) is 1.71. The van der Waals surface area contributed by atoms with Gasteiger partial charge in [0.2, 0.25) is 11.8 Å². The minimum atomic E-state index is 0.191. The third-order valence-corrected chi connectivity index (χ3v) is 4.48. The molecule has 0 radical (unpaired) electrons. The summed E-state index contributed by atoms with van der Waals surface area (Å²) in [5.41, 5.74) is 3.46. The first kappa shape index (κ1) is 17.1. The van der Waals surface area contributed by atoms with Crippen molar-refractivity contribution in [2.75, 3.05) is 11.9 Å². The van der Waals surface area contributed by atoms with Crippen LogP contribution in [0.15, 0.2) is 65.8 Å². The molecule has 0 spiro atoms. The van der Waals surface area contributed by atoms with Crippen molar-refractivity contribution in [3.63, 3.8) is 0 Å². The maximum atomic E-state index is 5.82. The molecular weight excluding hydrogens is 338 g/mol. The standard InChI is InChI=1S/C21H21N5O/c1-14(2)19-13-27-20(23-19)16-10-6-7-11-17(16)24-21-22-12-18(25-26-21)15-8-4-3-5-9-15/h3-12,14,19H,13H2,1-2H3,(H,22,24,26)/t19-/m1/s1. The Morgan fingerprint density at radius 3 is 2.48 bits per heavy atom. The Kier molecular flexibility index (Phi) is 4.78. The largest absolute Gasteiger partial charge is 0.475 e. The maximum Gasteiger partial charge on any atom is 0.247 e. The summed E-state index contributed by atoms with van der Waals surface area (Å²) >= 11 is 0. The minimum Gasteiger partial charge on any atom is -0.475 e. The molecule has 6 heteroatoms. The average molecular weight is 359 g/mol. The molecule has 1 aromatic heterocycles. The fraction of sp³-hybridized carbons (Fsp3) is 0.238. The molecule has 0 aliphatic carbocycles. The quantitative estimate of drug-likeness (QED) is 0.743. The second-order valence-electron chi connectivity index (χ2n) is 6.76. The molecule has 27 heavy (non-hydrogen) atoms. The molecule has 1 aliphatic rings. The van der Waals surface area contributed by atoms with Crippen LogP contribution in [0.4, 0.5) is 11.6 Å². The second-order valence-corrected chi connectivity index (χ2v) is 6.76. The van der Waals surface area contributed by atoms with Crippen LogP contribution in [0.3, 0.4) is 0 Å². The predicted octanol–water partition coefficient (Wildman–Crippen LogP) is 4.08. The van der Waals surface area contributed by atoms with E-state index < -0.39 is 0 Å². The van der Waals surface area contributed by atoms with Gasteiger partial charge in [0.05, 0.1) is 23.5 Å². The van der Waals surface area contributed by atoms with E-state index in [-0.39, 0.29) is 6.04 Å². The van der Waals surface area contributed by atoms with Crippen molar-refractivity contribution < 1.29 is 4.74 Å². The van der Waals surface area contributed by atoms with Crippen molar-refractivity contribution >= 4 is 17.5 Å². The molecular formula is C21H21N5O. The zero-order valence-corrected chi connectivity index (χ0v) is 15.3. The van der Waals surface area contributed by atoms with Crippen LogP contribution < -0.4 is 5.32 Å². The Morgan fingerprint density at radius 1 is 1.00 bits per heavy atom. The molecule has 1 atom stereocenters. The lowest BCUT2D eigenvalue weighted by Gasteiger charge is -2.10. The maximum absolute atomic E-state index is 5.82. The Bertz CT molecular complexity index is 938. The SMILES string of the molecule is CC(C)[C@H]1COC(c2ccccc2Nc2ncc(-c3ccccc3)nn2)=N1. The van der Waals surface area contributed by atoms with E-state index >= 15 is 0 Å². The summed E-state index contributed by atoms with van der Waals surface area (Å²) in [5.74, 6) is 1.53. The van der Waals surface area contributed by atoms with Crippen LogP contribution in [0.2, 0.25) is 0 Å². The zero-order valence-electron chi connectivity index (χ0n) is 15.3. The molecule has 0 unspecified atom stereocenters. The van der Waals surface area contributed by atoms with E-state index in [0.29, 0.717) is 24.4 Å². The Morgan fingerprint density at radius 2 is 1.78 bits per heavy atom. The van der Waals surface area contributed by atoms with E-state index in [2.05, 4.69) is 34.3 Å². The second kappa shape index (κ2) is 7.53. The van der Waals surface area contributed by atoms with E-state index in [0.717, 1.165) is 22.5 Å². The molecule has 0 saturated heterocycles. The number of ether oxygens (including phenoxy) is 1. The molecule has 0 amide bonds. The van der Waals surface area contributed by atoms with Crippen LogP contribution in [-0.4, -0.2) is 33.7 Å². The third-order valence-electron chi connectivity index (χ3n) is 4.48. The van der Waals surface area contributed by atoms with E-state index in [1.807, 2.05) is 54.6 Å². The zero-order chi connectivity index (χ0) is 18.6. The van der Waals surface area contributed by atoms with Gasteiger partial charge in [0, 0.05) is 5.56 Å². The molecule has 0 bridgehead atoms. The van der Waals surface area contributed by atoms with Gasteiger partial charge in [-0.15, -0.1) is 10.2 Å². The molecule has 4 rings (SSSR count). The van der Waals surface area contributed by atoms with Crippen molar-refractivity contribution in [1.82, 2.24) is 15.2 Å². The highest BCUT2D eigenvalue weighted by molar-refractivity contribution is 6.00. The topological polar surface area (TPSA) is 72.3 Å². The Labute approximate surface area is 158 Å². The van der Waals surface area contributed by atoms with Gasteiger partial charge >= 0.3 is 0 Å². The first-order chi connectivity index (χ1) is 13.2. The van der Waals surface area contributed by atoms with E-state index in [1.54, 1.807) is 6.20 Å². The number of nitrogens with one attached hydrogen (secondary N) is 1. The monoisotopic (exact) mass is 359 g/mol. The highest BCUT2D eigenvalue weighted by Crippen LogP contribution is 2.24. The lowest BCUT2D eigenvalue weighted by atomic mass is 10.1. The van der Waals surface area contributed by atoms with Gasteiger partial charge in [0.1, 0.15) is 12.3 Å². The summed E-state index contributed by atoms with van der Waals surface area (Å²) in [7, 11) is 0. The van der Waals surface area contributed by atoms with Crippen LogP contribution in [0.1, 0.15) is 19.4 Å². The van der Waals surface area contributed by atoms with Gasteiger partial charge in [-0.25, -0.2) is 9.98 Å². The summed E-state index contributed by atoms with van der Waals surface area (Å²) in [4.78, 5) is 9.11. The van der Waals surface area contributed by atoms with Crippen molar-refractivity contribution in [3.05, 3.63) is 66.4 Å². The average Bonchev–Trinajstić information content (AvgIpc) is 3.20. The smallest absolute Gasteiger partial charge is 0.247 e. The molecule has 2 aromatic carbocycles. The highest BCUT2D eigenvalue weighted by atomic mass is 16.5. The third kappa shape index (κ3) is 3.79. The number of para-hydroxylation sites is 1. The molecule has 6 nitrogen and oxygen atoms in total. The molecule has 136 valence electrons. The number of hydrogen-bond donors (Lipinski definition) is 1. The first-order valence-corrected chi connectivity index (χ1v) is 9.03. The minimum absolute atomic E-state index is 0.191.